The van der Waals surface area contributed by atoms with Crippen molar-refractivity contribution in [3.63, 3.8) is 0 Å². The molecular formula is C13H14ClN4O2-. The summed E-state index contributed by atoms with van der Waals surface area (Å²) >= 11 is 0. The normalized spacial score (nSPS) is 9.75. The van der Waals surface area contributed by atoms with Gasteiger partial charge in [0.05, 0.1) is 10.6 Å². The van der Waals surface area contributed by atoms with Crippen molar-refractivity contribution < 1.29 is 17.3 Å². The lowest BCUT2D eigenvalue weighted by Crippen LogP contribution is -3.00. The summed E-state index contributed by atoms with van der Waals surface area (Å²) < 4.78 is 0. The van der Waals surface area contributed by atoms with Crippen molar-refractivity contribution in [1.29, 1.82) is 0 Å². The first-order chi connectivity index (χ1) is 8.95. The van der Waals surface area contributed by atoms with Gasteiger partial charge in [-0.15, -0.1) is 0 Å². The van der Waals surface area contributed by atoms with E-state index in [9.17, 15) is 10.1 Å². The Hall–Kier alpha value is -2.21. The molecule has 6 nitrogen and oxygen atoms in total. The van der Waals surface area contributed by atoms with E-state index in [0.717, 1.165) is 17.0 Å². The van der Waals surface area contributed by atoms with E-state index < -0.39 is 4.92 Å². The van der Waals surface area contributed by atoms with Gasteiger partial charge in [0.2, 0.25) is 5.95 Å². The topological polar surface area (TPSA) is 81.0 Å². The number of aryl methyl sites for hydroxylation is 3. The molecule has 2 rings (SSSR count). The van der Waals surface area contributed by atoms with Crippen LogP contribution in [-0.2, 0) is 0 Å². The highest BCUT2D eigenvalue weighted by atomic mass is 35.5. The van der Waals surface area contributed by atoms with Gasteiger partial charge in [-0.3, -0.25) is 10.1 Å². The van der Waals surface area contributed by atoms with Crippen LogP contribution in [0.3, 0.4) is 0 Å². The predicted molar refractivity (Wildman–Crippen MR) is 72.6 cm³/mol. The van der Waals surface area contributed by atoms with Crippen LogP contribution in [-0.4, -0.2) is 14.9 Å². The molecule has 0 saturated heterocycles. The highest BCUT2D eigenvalue weighted by Crippen LogP contribution is 2.24. The number of anilines is 2. The second-order valence-corrected chi connectivity index (χ2v) is 4.36. The second-order valence-electron chi connectivity index (χ2n) is 4.36. The average Bonchev–Trinajstić information content (AvgIpc) is 2.30. The smallest absolute Gasteiger partial charge is 0.271 e. The Bertz CT molecular complexity index is 626. The summed E-state index contributed by atoms with van der Waals surface area (Å²) in [6.45, 7) is 5.62. The molecule has 0 saturated carbocycles. The minimum Gasteiger partial charge on any atom is -1.00 e. The first-order valence-electron chi connectivity index (χ1n) is 5.80. The molecule has 1 aromatic heterocycles. The van der Waals surface area contributed by atoms with Crippen molar-refractivity contribution in [1.82, 2.24) is 9.97 Å². The fourth-order valence-electron chi connectivity index (χ4n) is 1.76. The van der Waals surface area contributed by atoms with Crippen molar-refractivity contribution in [2.45, 2.75) is 20.8 Å². The van der Waals surface area contributed by atoms with E-state index in [1.807, 2.05) is 26.8 Å². The van der Waals surface area contributed by atoms with Crippen molar-refractivity contribution >= 4 is 17.3 Å². The lowest BCUT2D eigenvalue weighted by molar-refractivity contribution is -0.384. The Kier molecular flexibility index (Phi) is 4.99. The molecule has 1 aromatic carbocycles. The molecule has 0 bridgehead atoms. The molecule has 106 valence electrons. The number of aromatic nitrogens is 2. The molecule has 20 heavy (non-hydrogen) atoms. The Labute approximate surface area is 122 Å². The van der Waals surface area contributed by atoms with Crippen LogP contribution in [0, 0.1) is 30.9 Å². The van der Waals surface area contributed by atoms with Crippen LogP contribution in [0.1, 0.15) is 17.0 Å². The molecule has 2 aromatic rings. The molecule has 0 radical (unpaired) electrons. The summed E-state index contributed by atoms with van der Waals surface area (Å²) in [7, 11) is 0. The van der Waals surface area contributed by atoms with Gasteiger partial charge in [0, 0.05) is 23.5 Å². The van der Waals surface area contributed by atoms with Crippen molar-refractivity contribution in [3.05, 3.63) is 51.3 Å². The zero-order valence-corrected chi connectivity index (χ0v) is 12.1. The molecule has 0 aliphatic heterocycles. The first kappa shape index (κ1) is 15.8. The molecule has 7 heteroatoms. The lowest BCUT2D eigenvalue weighted by atomic mass is 10.2. The standard InChI is InChI=1S/C13H14N4O2.ClH/c1-8-4-5-11(17(18)19)7-12(8)16-13-14-9(2)6-10(3)15-13;/h4-7H,1-3H3,(H,14,15,16);1H/p-1. The van der Waals surface area contributed by atoms with Crippen LogP contribution < -0.4 is 17.7 Å². The van der Waals surface area contributed by atoms with E-state index in [2.05, 4.69) is 15.3 Å². The maximum atomic E-state index is 10.8. The molecule has 1 heterocycles. The predicted octanol–water partition coefficient (Wildman–Crippen LogP) is 0.0577. The largest absolute Gasteiger partial charge is 1.00 e. The van der Waals surface area contributed by atoms with Gasteiger partial charge in [-0.05, 0) is 32.4 Å². The summed E-state index contributed by atoms with van der Waals surface area (Å²) in [5.41, 5.74) is 3.27. The number of nitro benzene ring substituents is 1. The Morgan fingerprint density at radius 2 is 1.70 bits per heavy atom. The van der Waals surface area contributed by atoms with E-state index in [0.29, 0.717) is 11.6 Å². The van der Waals surface area contributed by atoms with Crippen LogP contribution in [0.4, 0.5) is 17.3 Å². The maximum Gasteiger partial charge on any atom is 0.271 e. The SMILES string of the molecule is Cc1cc(C)nc(Nc2cc([N+](=O)[O-])ccc2C)n1.[Cl-]. The number of benzene rings is 1. The van der Waals surface area contributed by atoms with Crippen molar-refractivity contribution in [2.24, 2.45) is 0 Å². The van der Waals surface area contributed by atoms with Crippen LogP contribution in [0.25, 0.3) is 0 Å². The van der Waals surface area contributed by atoms with E-state index in [-0.39, 0.29) is 18.1 Å². The molecular weight excluding hydrogens is 280 g/mol. The number of hydrogen-bond donors (Lipinski definition) is 1. The van der Waals surface area contributed by atoms with Gasteiger partial charge in [-0.25, -0.2) is 9.97 Å². The number of nitrogens with one attached hydrogen (secondary N) is 1. The minimum atomic E-state index is -0.424. The van der Waals surface area contributed by atoms with E-state index in [1.165, 1.54) is 12.1 Å². The third-order valence-electron chi connectivity index (χ3n) is 2.66. The van der Waals surface area contributed by atoms with Gasteiger partial charge >= 0.3 is 0 Å². The van der Waals surface area contributed by atoms with Crippen LogP contribution in [0.5, 0.6) is 0 Å². The van der Waals surface area contributed by atoms with E-state index in [4.69, 9.17) is 0 Å². The van der Waals surface area contributed by atoms with Gasteiger partial charge < -0.3 is 17.7 Å². The number of rotatable bonds is 3. The summed E-state index contributed by atoms with van der Waals surface area (Å²) in [5.74, 6) is 0.445. The van der Waals surface area contributed by atoms with Crippen molar-refractivity contribution in [3.8, 4) is 0 Å². The number of non-ortho nitro benzene ring substituents is 1. The van der Waals surface area contributed by atoms with Crippen LogP contribution >= 0.6 is 0 Å². The molecule has 0 amide bonds. The fourth-order valence-corrected chi connectivity index (χ4v) is 1.76. The number of hydrogen-bond acceptors (Lipinski definition) is 5. The third kappa shape index (κ3) is 3.64. The number of halogens is 1. The van der Waals surface area contributed by atoms with Crippen LogP contribution in [0.2, 0.25) is 0 Å². The van der Waals surface area contributed by atoms with Gasteiger partial charge in [0.15, 0.2) is 0 Å². The zero-order chi connectivity index (χ0) is 14.0. The van der Waals surface area contributed by atoms with E-state index >= 15 is 0 Å². The monoisotopic (exact) mass is 293 g/mol. The molecule has 0 atom stereocenters. The average molecular weight is 294 g/mol. The molecule has 0 aliphatic rings. The Morgan fingerprint density at radius 1 is 1.10 bits per heavy atom. The highest BCUT2D eigenvalue weighted by Gasteiger charge is 2.10. The van der Waals surface area contributed by atoms with E-state index in [1.54, 1.807) is 6.07 Å². The number of nitrogens with zero attached hydrogens (tertiary/aromatic N) is 3. The summed E-state index contributed by atoms with van der Waals surface area (Å²) in [6.07, 6.45) is 0. The summed E-state index contributed by atoms with van der Waals surface area (Å²) in [4.78, 5) is 18.9. The molecule has 0 unspecified atom stereocenters. The van der Waals surface area contributed by atoms with Crippen molar-refractivity contribution in [2.75, 3.05) is 5.32 Å². The maximum absolute atomic E-state index is 10.8. The summed E-state index contributed by atoms with van der Waals surface area (Å²) in [6, 6.07) is 6.52. The molecule has 0 fully saturated rings. The first-order valence-corrected chi connectivity index (χ1v) is 5.80. The van der Waals surface area contributed by atoms with Gasteiger partial charge in [-0.2, -0.15) is 0 Å². The second kappa shape index (κ2) is 6.29. The molecule has 0 aliphatic carbocycles. The lowest BCUT2D eigenvalue weighted by Gasteiger charge is -2.09. The Balaban J connectivity index is 0.00000200. The third-order valence-corrected chi connectivity index (χ3v) is 2.66. The molecule has 1 N–H and O–H groups in total. The fraction of sp³-hybridized carbons (Fsp3) is 0.231. The Morgan fingerprint density at radius 3 is 2.25 bits per heavy atom. The minimum absolute atomic E-state index is 0. The number of nitro groups is 1. The van der Waals surface area contributed by atoms with Gasteiger partial charge in [-0.1, -0.05) is 6.07 Å². The summed E-state index contributed by atoms with van der Waals surface area (Å²) in [5, 5.41) is 13.8. The quantitative estimate of drug-likeness (QED) is 0.639. The zero-order valence-electron chi connectivity index (χ0n) is 11.3. The highest BCUT2D eigenvalue weighted by molar-refractivity contribution is 5.62. The van der Waals surface area contributed by atoms with Crippen LogP contribution in [0.15, 0.2) is 24.3 Å². The van der Waals surface area contributed by atoms with Gasteiger partial charge in [0.1, 0.15) is 0 Å². The molecule has 0 spiro atoms. The van der Waals surface area contributed by atoms with Gasteiger partial charge in [0.25, 0.3) is 5.69 Å².